The lowest BCUT2D eigenvalue weighted by atomic mass is 9.43. The maximum atomic E-state index is 12.5. The van der Waals surface area contributed by atoms with Gasteiger partial charge in [0, 0.05) is 25.1 Å². The molecule has 6 nitrogen and oxygen atoms in total. The number of likely N-dealkylation sites (tertiary alicyclic amines) is 1. The predicted octanol–water partition coefficient (Wildman–Crippen LogP) is 5.54. The third-order valence-electron chi connectivity index (χ3n) is 12.0. The fourth-order valence-electron chi connectivity index (χ4n) is 9.86. The molecule has 216 valence electrons. The van der Waals surface area contributed by atoms with Crippen molar-refractivity contribution in [2.45, 2.75) is 110 Å². The molecule has 3 N–H and O–H groups in total. The van der Waals surface area contributed by atoms with Crippen LogP contribution < -0.4 is 5.73 Å². The topological polar surface area (TPSA) is 80.3 Å². The summed E-state index contributed by atoms with van der Waals surface area (Å²) in [6, 6.07) is 0. The lowest BCUT2D eigenvalue weighted by Crippen LogP contribution is -2.62. The first kappa shape index (κ1) is 28.6. The van der Waals surface area contributed by atoms with E-state index in [4.69, 9.17) is 15.3 Å². The number of ether oxygens (including phenoxy) is 1. The summed E-state index contributed by atoms with van der Waals surface area (Å²) < 4.78 is 6.55. The van der Waals surface area contributed by atoms with Crippen molar-refractivity contribution in [2.75, 3.05) is 39.4 Å². The van der Waals surface area contributed by atoms with Crippen LogP contribution >= 0.6 is 0 Å². The van der Waals surface area contributed by atoms with Gasteiger partial charge in [-0.05, 0) is 132 Å². The van der Waals surface area contributed by atoms with Gasteiger partial charge >= 0.3 is 0 Å². The minimum atomic E-state index is -0.567. The molecule has 0 radical (unpaired) electrons. The summed E-state index contributed by atoms with van der Waals surface area (Å²) in [6.45, 7) is 12.6. The molecule has 38 heavy (non-hydrogen) atoms. The van der Waals surface area contributed by atoms with Crippen LogP contribution in [0, 0.1) is 34.5 Å². The van der Waals surface area contributed by atoms with E-state index in [-0.39, 0.29) is 5.41 Å². The Morgan fingerprint density at radius 2 is 1.82 bits per heavy atom. The second kappa shape index (κ2) is 11.9. The van der Waals surface area contributed by atoms with Crippen LogP contribution in [0.3, 0.4) is 0 Å². The maximum absolute atomic E-state index is 12.5. The van der Waals surface area contributed by atoms with E-state index in [0.29, 0.717) is 42.4 Å². The first-order valence-electron chi connectivity index (χ1n) is 15.9. The lowest BCUT2D eigenvalue weighted by Gasteiger charge is -2.63. The fraction of sp³-hybridized carbons (Fsp3) is 0.906. The summed E-state index contributed by atoms with van der Waals surface area (Å²) >= 11 is 0. The van der Waals surface area contributed by atoms with Crippen molar-refractivity contribution in [3.05, 3.63) is 11.6 Å². The molecule has 5 aliphatic rings. The van der Waals surface area contributed by atoms with Crippen LogP contribution in [0.25, 0.3) is 0 Å². The zero-order valence-corrected chi connectivity index (χ0v) is 24.5. The molecule has 8 atom stereocenters. The number of hydrogen-bond acceptors (Lipinski definition) is 6. The van der Waals surface area contributed by atoms with Gasteiger partial charge in [0.25, 0.3) is 0 Å². The molecule has 0 aromatic heterocycles. The Labute approximate surface area is 231 Å². The third kappa shape index (κ3) is 5.36. The summed E-state index contributed by atoms with van der Waals surface area (Å²) in [6.07, 6.45) is 19.0. The van der Waals surface area contributed by atoms with Gasteiger partial charge in [0.15, 0.2) is 0 Å². The average Bonchev–Trinajstić information content (AvgIpc) is 3.51. The quantitative estimate of drug-likeness (QED) is 0.221. The fourth-order valence-corrected chi connectivity index (χ4v) is 9.86. The molecule has 0 aromatic rings. The van der Waals surface area contributed by atoms with Crippen LogP contribution in [-0.2, 0) is 9.57 Å². The summed E-state index contributed by atoms with van der Waals surface area (Å²) in [5.74, 6) is 2.21. The molecule has 0 spiro atoms. The Morgan fingerprint density at radius 1 is 1.03 bits per heavy atom. The van der Waals surface area contributed by atoms with Crippen molar-refractivity contribution in [3.8, 4) is 0 Å². The molecule has 1 heterocycles. The Bertz CT molecular complexity index is 857. The molecular formula is C32H55N3O3. The van der Waals surface area contributed by atoms with Crippen LogP contribution in [0.4, 0.5) is 0 Å². The largest absolute Gasteiger partial charge is 0.394 e. The van der Waals surface area contributed by atoms with Gasteiger partial charge in [-0.1, -0.05) is 25.1 Å². The van der Waals surface area contributed by atoms with Gasteiger partial charge in [-0.15, -0.1) is 0 Å². The van der Waals surface area contributed by atoms with Crippen LogP contribution in [0.1, 0.15) is 97.8 Å². The second-order valence-electron chi connectivity index (χ2n) is 14.0. The number of hydrogen-bond donors (Lipinski definition) is 2. The molecule has 0 aromatic carbocycles. The number of oxime groups is 1. The third-order valence-corrected chi connectivity index (χ3v) is 12.0. The lowest BCUT2D eigenvalue weighted by molar-refractivity contribution is -0.211. The standard InChI is InChI=1S/C32H55N3O3/c1-24(23-34-38-20-15-33)21-26-11-14-32(36)29-10-8-25-7-9-27(37-19-6-18-35-16-4-5-17-35)22-30(25,2)28(29)12-13-31(26,32)3/h21,23,25-29,36H,4-20,22,33H2,1-3H3/t25-,26+,27?,28-,29+,30-,31+,32-/m0/s1. The SMILES string of the molecule is CC(C=NOCCN)=C[C@H]1CC[C@]2(O)[C@@H]3CC[C@@H]4CCC(OCCCN5CCCC5)C[C@]4(C)[C@H]3CC[C@]12C. The van der Waals surface area contributed by atoms with Crippen molar-refractivity contribution in [1.29, 1.82) is 0 Å². The summed E-state index contributed by atoms with van der Waals surface area (Å²) in [5.41, 5.74) is 6.28. The van der Waals surface area contributed by atoms with Crippen LogP contribution in [0.2, 0.25) is 0 Å². The monoisotopic (exact) mass is 529 g/mol. The highest BCUT2D eigenvalue weighted by Gasteiger charge is 2.66. The smallest absolute Gasteiger partial charge is 0.129 e. The Balaban J connectivity index is 1.23. The van der Waals surface area contributed by atoms with Gasteiger partial charge in [0.2, 0.25) is 0 Å². The summed E-state index contributed by atoms with van der Waals surface area (Å²) in [7, 11) is 0. The molecule has 1 aliphatic heterocycles. The molecule has 4 aliphatic carbocycles. The van der Waals surface area contributed by atoms with Crippen molar-refractivity contribution in [1.82, 2.24) is 4.90 Å². The normalized spacial score (nSPS) is 43.7. The zero-order valence-electron chi connectivity index (χ0n) is 24.5. The minimum absolute atomic E-state index is 0.0648. The Hall–Kier alpha value is -0.950. The van der Waals surface area contributed by atoms with Gasteiger partial charge in [0.1, 0.15) is 6.61 Å². The van der Waals surface area contributed by atoms with E-state index in [1.54, 1.807) is 0 Å². The van der Waals surface area contributed by atoms with Crippen molar-refractivity contribution >= 4 is 6.21 Å². The first-order chi connectivity index (χ1) is 18.3. The maximum Gasteiger partial charge on any atom is 0.129 e. The van der Waals surface area contributed by atoms with E-state index in [2.05, 4.69) is 36.9 Å². The van der Waals surface area contributed by atoms with E-state index in [1.165, 1.54) is 77.4 Å². The van der Waals surface area contributed by atoms with Gasteiger partial charge in [0.05, 0.1) is 17.9 Å². The molecule has 6 heteroatoms. The van der Waals surface area contributed by atoms with Crippen LogP contribution in [0.5, 0.6) is 0 Å². The highest BCUT2D eigenvalue weighted by Crippen LogP contribution is 2.69. The number of nitrogens with zero attached hydrogens (tertiary/aromatic N) is 2. The molecule has 4 saturated carbocycles. The van der Waals surface area contributed by atoms with Gasteiger partial charge < -0.3 is 25.3 Å². The number of nitrogens with two attached hydrogens (primary N) is 1. The van der Waals surface area contributed by atoms with Gasteiger partial charge in [-0.3, -0.25) is 0 Å². The first-order valence-corrected chi connectivity index (χ1v) is 15.9. The molecule has 0 amide bonds. The molecule has 5 rings (SSSR count). The highest BCUT2D eigenvalue weighted by molar-refractivity contribution is 5.77. The average molecular weight is 530 g/mol. The molecule has 5 fully saturated rings. The van der Waals surface area contributed by atoms with E-state index < -0.39 is 5.60 Å². The van der Waals surface area contributed by atoms with E-state index in [1.807, 2.05) is 6.21 Å². The number of rotatable bonds is 10. The highest BCUT2D eigenvalue weighted by atomic mass is 16.6. The van der Waals surface area contributed by atoms with Crippen molar-refractivity contribution < 1.29 is 14.7 Å². The number of fused-ring (bicyclic) bond motifs is 5. The Morgan fingerprint density at radius 3 is 2.61 bits per heavy atom. The van der Waals surface area contributed by atoms with Crippen molar-refractivity contribution in [2.24, 2.45) is 45.4 Å². The van der Waals surface area contributed by atoms with Crippen LogP contribution in [0.15, 0.2) is 16.8 Å². The van der Waals surface area contributed by atoms with E-state index in [9.17, 15) is 5.11 Å². The van der Waals surface area contributed by atoms with E-state index in [0.717, 1.165) is 37.4 Å². The zero-order chi connectivity index (χ0) is 26.8. The number of allylic oxidation sites excluding steroid dienone is 2. The minimum Gasteiger partial charge on any atom is -0.394 e. The molecule has 1 unspecified atom stereocenters. The van der Waals surface area contributed by atoms with E-state index >= 15 is 0 Å². The summed E-state index contributed by atoms with van der Waals surface area (Å²) in [5, 5.41) is 16.6. The van der Waals surface area contributed by atoms with Gasteiger partial charge in [-0.2, -0.15) is 0 Å². The second-order valence-corrected chi connectivity index (χ2v) is 14.0. The van der Waals surface area contributed by atoms with Crippen molar-refractivity contribution in [3.63, 3.8) is 0 Å². The number of aliphatic hydroxyl groups is 1. The Kier molecular flexibility index (Phi) is 8.94. The molecule has 1 saturated heterocycles. The predicted molar refractivity (Wildman–Crippen MR) is 154 cm³/mol. The van der Waals surface area contributed by atoms with Gasteiger partial charge in [-0.25, -0.2) is 0 Å². The molecular weight excluding hydrogens is 474 g/mol. The summed E-state index contributed by atoms with van der Waals surface area (Å²) in [4.78, 5) is 7.80. The van der Waals surface area contributed by atoms with Crippen LogP contribution in [-0.4, -0.2) is 67.3 Å². The molecule has 0 bridgehead atoms.